The number of hydrogen-bond acceptors (Lipinski definition) is 1. The van der Waals surface area contributed by atoms with Gasteiger partial charge in [-0.25, -0.2) is 0 Å². The Labute approximate surface area is 84.3 Å². The first-order chi connectivity index (χ1) is 6.89. The summed E-state index contributed by atoms with van der Waals surface area (Å²) >= 11 is 0. The van der Waals surface area contributed by atoms with Crippen molar-refractivity contribution in [3.05, 3.63) is 35.4 Å². The van der Waals surface area contributed by atoms with Crippen LogP contribution in [0, 0.1) is 0 Å². The number of halogens is 3. The van der Waals surface area contributed by atoms with Gasteiger partial charge in [0.2, 0.25) is 0 Å². The van der Waals surface area contributed by atoms with Gasteiger partial charge in [-0.1, -0.05) is 18.2 Å². The van der Waals surface area contributed by atoms with Crippen molar-refractivity contribution >= 4 is 5.97 Å². The molecule has 0 amide bonds. The van der Waals surface area contributed by atoms with Gasteiger partial charge in [-0.15, -0.1) is 0 Å². The molecule has 1 rings (SSSR count). The fourth-order valence-corrected chi connectivity index (χ4v) is 1.15. The van der Waals surface area contributed by atoms with E-state index in [2.05, 4.69) is 0 Å². The third-order valence-electron chi connectivity index (χ3n) is 1.88. The minimum absolute atomic E-state index is 0.110. The number of alkyl halides is 3. The van der Waals surface area contributed by atoms with Crippen molar-refractivity contribution in [1.29, 1.82) is 0 Å². The van der Waals surface area contributed by atoms with Crippen LogP contribution < -0.4 is 0 Å². The fourth-order valence-electron chi connectivity index (χ4n) is 1.15. The molecule has 0 aliphatic rings. The zero-order chi connectivity index (χ0) is 11.5. The SMILES string of the molecule is O=C(O)CCc1cccc(C(F)(F)F)c1. The van der Waals surface area contributed by atoms with E-state index in [9.17, 15) is 18.0 Å². The quantitative estimate of drug-likeness (QED) is 0.846. The predicted octanol–water partition coefficient (Wildman–Crippen LogP) is 2.72. The monoisotopic (exact) mass is 218 g/mol. The van der Waals surface area contributed by atoms with Gasteiger partial charge in [-0.3, -0.25) is 4.79 Å². The van der Waals surface area contributed by atoms with Crippen molar-refractivity contribution < 1.29 is 23.1 Å². The van der Waals surface area contributed by atoms with Crippen molar-refractivity contribution in [2.24, 2.45) is 0 Å². The first-order valence-electron chi connectivity index (χ1n) is 4.27. The molecule has 1 aromatic rings. The minimum atomic E-state index is -4.38. The summed E-state index contributed by atoms with van der Waals surface area (Å²) in [6, 6.07) is 4.70. The largest absolute Gasteiger partial charge is 0.481 e. The van der Waals surface area contributed by atoms with E-state index in [1.54, 1.807) is 0 Å². The van der Waals surface area contributed by atoms with Gasteiger partial charge in [0.05, 0.1) is 5.56 Å². The Morgan fingerprint density at radius 1 is 1.33 bits per heavy atom. The van der Waals surface area contributed by atoms with Gasteiger partial charge < -0.3 is 5.11 Å². The second-order valence-corrected chi connectivity index (χ2v) is 3.09. The average Bonchev–Trinajstić information content (AvgIpc) is 2.14. The molecule has 0 saturated heterocycles. The van der Waals surface area contributed by atoms with Crippen LogP contribution in [0.3, 0.4) is 0 Å². The van der Waals surface area contributed by atoms with Crippen LogP contribution in [0.25, 0.3) is 0 Å². The molecule has 0 bridgehead atoms. The molecule has 0 saturated carbocycles. The summed E-state index contributed by atoms with van der Waals surface area (Å²) in [4.78, 5) is 10.2. The molecule has 0 unspecified atom stereocenters. The van der Waals surface area contributed by atoms with Crippen molar-refractivity contribution in [2.45, 2.75) is 19.0 Å². The maximum absolute atomic E-state index is 12.3. The minimum Gasteiger partial charge on any atom is -0.481 e. The highest BCUT2D eigenvalue weighted by molar-refractivity contribution is 5.67. The second kappa shape index (κ2) is 4.33. The van der Waals surface area contributed by atoms with E-state index in [-0.39, 0.29) is 12.8 Å². The molecule has 0 aliphatic carbocycles. The molecule has 0 aliphatic heterocycles. The zero-order valence-electron chi connectivity index (χ0n) is 7.71. The van der Waals surface area contributed by atoms with Gasteiger partial charge >= 0.3 is 12.1 Å². The van der Waals surface area contributed by atoms with Gasteiger partial charge in [0.1, 0.15) is 0 Å². The van der Waals surface area contributed by atoms with E-state index in [1.165, 1.54) is 12.1 Å². The molecular weight excluding hydrogens is 209 g/mol. The molecule has 15 heavy (non-hydrogen) atoms. The lowest BCUT2D eigenvalue weighted by atomic mass is 10.1. The Hall–Kier alpha value is -1.52. The maximum Gasteiger partial charge on any atom is 0.416 e. The molecule has 5 heteroatoms. The lowest BCUT2D eigenvalue weighted by Crippen LogP contribution is -2.05. The number of carbonyl (C=O) groups is 1. The van der Waals surface area contributed by atoms with Crippen LogP contribution in [-0.4, -0.2) is 11.1 Å². The van der Waals surface area contributed by atoms with Gasteiger partial charge in [0, 0.05) is 6.42 Å². The number of rotatable bonds is 3. The third-order valence-corrected chi connectivity index (χ3v) is 1.88. The second-order valence-electron chi connectivity index (χ2n) is 3.09. The lowest BCUT2D eigenvalue weighted by molar-refractivity contribution is -0.137. The molecule has 0 spiro atoms. The van der Waals surface area contributed by atoms with Gasteiger partial charge in [-0.2, -0.15) is 13.2 Å². The van der Waals surface area contributed by atoms with Gasteiger partial charge in [0.25, 0.3) is 0 Å². The molecule has 1 aromatic carbocycles. The Morgan fingerprint density at radius 2 is 2.00 bits per heavy atom. The van der Waals surface area contributed by atoms with Crippen LogP contribution in [0.1, 0.15) is 17.5 Å². The summed E-state index contributed by atoms with van der Waals surface area (Å²) in [6.07, 6.45) is -4.43. The standard InChI is InChI=1S/C10H9F3O2/c11-10(12,13)8-3-1-2-7(6-8)4-5-9(14)15/h1-3,6H,4-5H2,(H,14,15). The van der Waals surface area contributed by atoms with Crippen LogP contribution >= 0.6 is 0 Å². The number of carboxylic acids is 1. The summed E-state index contributed by atoms with van der Waals surface area (Å²) in [5.74, 6) is -1.02. The first kappa shape index (κ1) is 11.6. The highest BCUT2D eigenvalue weighted by atomic mass is 19.4. The van der Waals surface area contributed by atoms with Crippen LogP contribution in [-0.2, 0) is 17.4 Å². The van der Waals surface area contributed by atoms with Crippen molar-refractivity contribution in [3.63, 3.8) is 0 Å². The molecule has 2 nitrogen and oxygen atoms in total. The van der Waals surface area contributed by atoms with E-state index in [4.69, 9.17) is 5.11 Å². The summed E-state index contributed by atoms with van der Waals surface area (Å²) in [5, 5.41) is 8.38. The Kier molecular flexibility index (Phi) is 3.34. The Morgan fingerprint density at radius 3 is 2.53 bits per heavy atom. The maximum atomic E-state index is 12.3. The highest BCUT2D eigenvalue weighted by Crippen LogP contribution is 2.29. The first-order valence-corrected chi connectivity index (χ1v) is 4.27. The molecular formula is C10H9F3O2. The summed E-state index contributed by atoms with van der Waals surface area (Å²) in [5.41, 5.74) is -0.363. The van der Waals surface area contributed by atoms with Crippen LogP contribution in [0.2, 0.25) is 0 Å². The van der Waals surface area contributed by atoms with E-state index in [1.807, 2.05) is 0 Å². The topological polar surface area (TPSA) is 37.3 Å². The molecule has 0 radical (unpaired) electrons. The van der Waals surface area contributed by atoms with E-state index < -0.39 is 17.7 Å². The number of hydrogen-bond donors (Lipinski definition) is 1. The van der Waals surface area contributed by atoms with E-state index in [0.717, 1.165) is 12.1 Å². The Bertz CT molecular complexity index is 358. The molecule has 0 fully saturated rings. The fraction of sp³-hybridized carbons (Fsp3) is 0.300. The molecule has 0 heterocycles. The van der Waals surface area contributed by atoms with Crippen LogP contribution in [0.15, 0.2) is 24.3 Å². The van der Waals surface area contributed by atoms with Gasteiger partial charge in [0.15, 0.2) is 0 Å². The normalized spacial score (nSPS) is 11.4. The van der Waals surface area contributed by atoms with E-state index >= 15 is 0 Å². The predicted molar refractivity (Wildman–Crippen MR) is 47.4 cm³/mol. The zero-order valence-corrected chi connectivity index (χ0v) is 7.71. The average molecular weight is 218 g/mol. The summed E-state index contributed by atoms with van der Waals surface area (Å²) in [7, 11) is 0. The van der Waals surface area contributed by atoms with Crippen molar-refractivity contribution in [2.75, 3.05) is 0 Å². The van der Waals surface area contributed by atoms with Crippen molar-refractivity contribution in [1.82, 2.24) is 0 Å². The lowest BCUT2D eigenvalue weighted by Gasteiger charge is -2.07. The third kappa shape index (κ3) is 3.61. The van der Waals surface area contributed by atoms with Crippen molar-refractivity contribution in [3.8, 4) is 0 Å². The van der Waals surface area contributed by atoms with E-state index in [0.29, 0.717) is 5.56 Å². The number of benzene rings is 1. The Balaban J connectivity index is 2.79. The number of aryl methyl sites for hydroxylation is 1. The van der Waals surface area contributed by atoms with Crippen LogP contribution in [0.4, 0.5) is 13.2 Å². The highest BCUT2D eigenvalue weighted by Gasteiger charge is 2.30. The number of carboxylic acid groups (broad SMARTS) is 1. The molecule has 82 valence electrons. The van der Waals surface area contributed by atoms with Gasteiger partial charge in [-0.05, 0) is 18.1 Å². The molecule has 0 atom stereocenters. The number of aliphatic carboxylic acids is 1. The summed E-state index contributed by atoms with van der Waals surface area (Å²) in [6.45, 7) is 0. The molecule has 0 aromatic heterocycles. The smallest absolute Gasteiger partial charge is 0.416 e. The molecule has 1 N–H and O–H groups in total. The summed E-state index contributed by atoms with van der Waals surface area (Å²) < 4.78 is 36.8. The van der Waals surface area contributed by atoms with Crippen LogP contribution in [0.5, 0.6) is 0 Å².